The molecule has 7 heteroatoms. The Morgan fingerprint density at radius 1 is 1.39 bits per heavy atom. The van der Waals surface area contributed by atoms with Crippen LogP contribution in [0.2, 0.25) is 0 Å². The van der Waals surface area contributed by atoms with Crippen LogP contribution in [0.15, 0.2) is 4.52 Å². The lowest BCUT2D eigenvalue weighted by molar-refractivity contribution is -0.131. The van der Waals surface area contributed by atoms with E-state index in [-0.39, 0.29) is 11.8 Å². The van der Waals surface area contributed by atoms with Crippen LogP contribution in [0.3, 0.4) is 0 Å². The van der Waals surface area contributed by atoms with Gasteiger partial charge in [-0.2, -0.15) is 4.98 Å². The Balaban J connectivity index is 1.44. The Morgan fingerprint density at radius 2 is 2.17 bits per heavy atom. The van der Waals surface area contributed by atoms with E-state index in [1.807, 2.05) is 7.05 Å². The van der Waals surface area contributed by atoms with Crippen molar-refractivity contribution in [3.8, 4) is 0 Å². The van der Waals surface area contributed by atoms with Crippen LogP contribution in [0.25, 0.3) is 0 Å². The molecule has 0 radical (unpaired) electrons. The summed E-state index contributed by atoms with van der Waals surface area (Å²) in [4.78, 5) is 18.7. The third kappa shape index (κ3) is 4.09. The number of nitrogens with one attached hydrogen (secondary N) is 1. The van der Waals surface area contributed by atoms with E-state index in [1.54, 1.807) is 0 Å². The van der Waals surface area contributed by atoms with Gasteiger partial charge in [0.2, 0.25) is 11.8 Å². The van der Waals surface area contributed by atoms with Crippen LogP contribution < -0.4 is 5.32 Å². The Morgan fingerprint density at radius 3 is 2.96 bits per heavy atom. The lowest BCUT2D eigenvalue weighted by Gasteiger charge is -2.32. The van der Waals surface area contributed by atoms with Crippen molar-refractivity contribution in [2.75, 3.05) is 26.7 Å². The standard InChI is InChI=1S/C16H26N4O3/c1-20-9-7-13(21)12(10-20)15(22)17-8-6-14-18-16(23-19-14)11-4-2-3-5-11/h11-13,21H,2-10H2,1H3,(H,17,22)/t12-,13-/m1/s1. The fourth-order valence-electron chi connectivity index (χ4n) is 3.50. The SMILES string of the molecule is CN1CC[C@@H](O)[C@H](C(=O)NCCc2noc(C3CCCC3)n2)C1. The first-order valence-electron chi connectivity index (χ1n) is 8.60. The number of aromatic nitrogens is 2. The molecule has 1 aliphatic carbocycles. The van der Waals surface area contributed by atoms with Gasteiger partial charge in [-0.05, 0) is 26.3 Å². The van der Waals surface area contributed by atoms with Gasteiger partial charge in [-0.15, -0.1) is 0 Å². The van der Waals surface area contributed by atoms with Crippen molar-refractivity contribution in [3.63, 3.8) is 0 Å². The van der Waals surface area contributed by atoms with Gasteiger partial charge in [-0.3, -0.25) is 4.79 Å². The van der Waals surface area contributed by atoms with E-state index in [4.69, 9.17) is 4.52 Å². The van der Waals surface area contributed by atoms with Gasteiger partial charge in [-0.25, -0.2) is 0 Å². The number of carbonyl (C=O) groups excluding carboxylic acids is 1. The normalized spacial score (nSPS) is 26.5. The predicted molar refractivity (Wildman–Crippen MR) is 83.8 cm³/mol. The van der Waals surface area contributed by atoms with Crippen LogP contribution in [0.4, 0.5) is 0 Å². The molecule has 23 heavy (non-hydrogen) atoms. The highest BCUT2D eigenvalue weighted by Gasteiger charge is 2.31. The number of amides is 1. The number of carbonyl (C=O) groups is 1. The van der Waals surface area contributed by atoms with E-state index in [0.717, 1.165) is 25.3 Å². The van der Waals surface area contributed by atoms with Crippen molar-refractivity contribution >= 4 is 5.91 Å². The first kappa shape index (κ1) is 16.4. The summed E-state index contributed by atoms with van der Waals surface area (Å²) in [5.74, 6) is 1.36. The number of aliphatic hydroxyl groups excluding tert-OH is 1. The van der Waals surface area contributed by atoms with E-state index in [0.29, 0.717) is 37.7 Å². The van der Waals surface area contributed by atoms with Crippen molar-refractivity contribution in [1.29, 1.82) is 0 Å². The summed E-state index contributed by atoms with van der Waals surface area (Å²) in [6.45, 7) is 1.90. The summed E-state index contributed by atoms with van der Waals surface area (Å²) < 4.78 is 5.33. The molecular formula is C16H26N4O3. The number of likely N-dealkylation sites (tertiary alicyclic amines) is 1. The molecule has 2 aliphatic rings. The minimum Gasteiger partial charge on any atom is -0.392 e. The summed E-state index contributed by atoms with van der Waals surface area (Å²) in [5.41, 5.74) is 0. The number of nitrogens with zero attached hydrogens (tertiary/aromatic N) is 3. The predicted octanol–water partition coefficient (Wildman–Crippen LogP) is 0.698. The molecule has 0 spiro atoms. The monoisotopic (exact) mass is 322 g/mol. The van der Waals surface area contributed by atoms with Crippen LogP contribution in [-0.4, -0.2) is 58.8 Å². The molecule has 1 aromatic rings. The molecular weight excluding hydrogens is 296 g/mol. The van der Waals surface area contributed by atoms with Crippen molar-refractivity contribution in [2.24, 2.45) is 5.92 Å². The smallest absolute Gasteiger partial charge is 0.229 e. The number of hydrogen-bond acceptors (Lipinski definition) is 6. The van der Waals surface area contributed by atoms with E-state index in [2.05, 4.69) is 20.4 Å². The average Bonchev–Trinajstić information content (AvgIpc) is 3.20. The number of rotatable bonds is 5. The molecule has 0 unspecified atom stereocenters. The Kier molecular flexibility index (Phi) is 5.27. The molecule has 1 aromatic heterocycles. The number of aliphatic hydroxyl groups is 1. The molecule has 1 amide bonds. The maximum atomic E-state index is 12.2. The molecule has 0 aromatic carbocycles. The summed E-state index contributed by atoms with van der Waals surface area (Å²) in [5, 5.41) is 16.9. The zero-order valence-electron chi connectivity index (χ0n) is 13.7. The zero-order valence-corrected chi connectivity index (χ0v) is 13.7. The molecule has 2 atom stereocenters. The number of piperidine rings is 1. The largest absolute Gasteiger partial charge is 0.392 e. The van der Waals surface area contributed by atoms with Crippen LogP contribution in [0.5, 0.6) is 0 Å². The highest BCUT2D eigenvalue weighted by Crippen LogP contribution is 2.32. The summed E-state index contributed by atoms with van der Waals surface area (Å²) in [6.07, 6.45) is 5.37. The van der Waals surface area contributed by atoms with Crippen molar-refractivity contribution in [3.05, 3.63) is 11.7 Å². The molecule has 1 saturated carbocycles. The zero-order chi connectivity index (χ0) is 16.2. The fraction of sp³-hybridized carbons (Fsp3) is 0.812. The van der Waals surface area contributed by atoms with Crippen molar-refractivity contribution < 1.29 is 14.4 Å². The maximum Gasteiger partial charge on any atom is 0.229 e. The first-order valence-corrected chi connectivity index (χ1v) is 8.60. The molecule has 2 N–H and O–H groups in total. The first-order chi connectivity index (χ1) is 11.1. The minimum absolute atomic E-state index is 0.0939. The molecule has 1 saturated heterocycles. The second-order valence-corrected chi connectivity index (χ2v) is 6.80. The van der Waals surface area contributed by atoms with Crippen LogP contribution in [-0.2, 0) is 11.2 Å². The van der Waals surface area contributed by atoms with Crippen molar-refractivity contribution in [1.82, 2.24) is 20.4 Å². The van der Waals surface area contributed by atoms with Crippen molar-refractivity contribution in [2.45, 2.75) is 50.5 Å². The Bertz CT molecular complexity index is 527. The highest BCUT2D eigenvalue weighted by molar-refractivity contribution is 5.79. The van der Waals surface area contributed by atoms with Gasteiger partial charge in [0.1, 0.15) is 0 Å². The summed E-state index contributed by atoms with van der Waals surface area (Å²) in [6, 6.07) is 0. The maximum absolute atomic E-state index is 12.2. The average molecular weight is 322 g/mol. The van der Waals surface area contributed by atoms with Crippen LogP contribution in [0.1, 0.15) is 49.7 Å². The molecule has 0 bridgehead atoms. The molecule has 3 rings (SSSR count). The van der Waals surface area contributed by atoms with E-state index in [1.165, 1.54) is 12.8 Å². The van der Waals surface area contributed by atoms with Crippen LogP contribution >= 0.6 is 0 Å². The lowest BCUT2D eigenvalue weighted by Crippen LogP contribution is -2.49. The Labute approximate surface area is 136 Å². The minimum atomic E-state index is -0.551. The second-order valence-electron chi connectivity index (χ2n) is 6.80. The molecule has 1 aliphatic heterocycles. The third-order valence-electron chi connectivity index (χ3n) is 4.95. The fourth-order valence-corrected chi connectivity index (χ4v) is 3.50. The molecule has 2 fully saturated rings. The van der Waals surface area contributed by atoms with Gasteiger partial charge in [0, 0.05) is 32.0 Å². The van der Waals surface area contributed by atoms with Gasteiger partial charge in [0.25, 0.3) is 0 Å². The van der Waals surface area contributed by atoms with Crippen LogP contribution in [0, 0.1) is 5.92 Å². The van der Waals surface area contributed by atoms with E-state index in [9.17, 15) is 9.90 Å². The van der Waals surface area contributed by atoms with Gasteiger partial charge in [0.05, 0.1) is 12.0 Å². The molecule has 128 valence electrons. The molecule has 2 heterocycles. The van der Waals surface area contributed by atoms with Gasteiger partial charge in [-0.1, -0.05) is 18.0 Å². The highest BCUT2D eigenvalue weighted by atomic mass is 16.5. The van der Waals surface area contributed by atoms with Gasteiger partial charge in [0.15, 0.2) is 5.82 Å². The van der Waals surface area contributed by atoms with E-state index < -0.39 is 6.10 Å². The summed E-state index contributed by atoms with van der Waals surface area (Å²) in [7, 11) is 1.97. The topological polar surface area (TPSA) is 91.5 Å². The van der Waals surface area contributed by atoms with E-state index >= 15 is 0 Å². The summed E-state index contributed by atoms with van der Waals surface area (Å²) >= 11 is 0. The van der Waals surface area contributed by atoms with Gasteiger partial charge >= 0.3 is 0 Å². The molecule has 7 nitrogen and oxygen atoms in total. The van der Waals surface area contributed by atoms with Gasteiger partial charge < -0.3 is 19.8 Å². The third-order valence-corrected chi connectivity index (χ3v) is 4.95. The Hall–Kier alpha value is -1.47. The second kappa shape index (κ2) is 7.40. The lowest BCUT2D eigenvalue weighted by atomic mass is 9.94. The number of hydrogen-bond donors (Lipinski definition) is 2. The quantitative estimate of drug-likeness (QED) is 0.829.